The van der Waals surface area contributed by atoms with E-state index in [0.717, 1.165) is 0 Å². The summed E-state index contributed by atoms with van der Waals surface area (Å²) in [6, 6.07) is 1.32. The van der Waals surface area contributed by atoms with Crippen LogP contribution in [0, 0.1) is 0 Å². The van der Waals surface area contributed by atoms with Crippen LogP contribution in [-0.4, -0.2) is 45.3 Å². The van der Waals surface area contributed by atoms with Crippen molar-refractivity contribution in [2.75, 3.05) is 13.7 Å². The lowest BCUT2D eigenvalue weighted by molar-refractivity contribution is 0.0681. The lowest BCUT2D eigenvalue weighted by atomic mass is 10.1. The number of amides is 1. The molecule has 118 valence electrons. The Morgan fingerprint density at radius 2 is 2.41 bits per heavy atom. The van der Waals surface area contributed by atoms with Crippen molar-refractivity contribution in [1.29, 1.82) is 0 Å². The normalized spacial score (nSPS) is 21.5. The number of nitrogens with one attached hydrogen (secondary N) is 1. The largest absolute Gasteiger partial charge is 0.472 e. The number of nitrogens with zero attached hydrogens (tertiary/aromatic N) is 3. The molecule has 3 rings (SSSR count). The van der Waals surface area contributed by atoms with E-state index < -0.39 is 0 Å². The van der Waals surface area contributed by atoms with E-state index in [9.17, 15) is 9.59 Å². The van der Waals surface area contributed by atoms with Crippen LogP contribution in [0.1, 0.15) is 35.6 Å². The van der Waals surface area contributed by atoms with Crippen LogP contribution < -0.4 is 5.69 Å². The maximum Gasteiger partial charge on any atom is 0.343 e. The standard InChI is InChI=1S/C14H18N4O4/c1-3-17-12(15-16-14(17)20)11-6-10(21-2)7-18(11)13(19)9-4-5-22-8-9/h4-5,8,10-11H,3,6-7H2,1-2H3,(H,16,20)/t10-,11-/m0/s1. The molecule has 0 saturated carbocycles. The molecule has 1 amide bonds. The van der Waals surface area contributed by atoms with Crippen molar-refractivity contribution in [2.45, 2.75) is 32.0 Å². The first-order valence-corrected chi connectivity index (χ1v) is 7.16. The fourth-order valence-corrected chi connectivity index (χ4v) is 2.88. The summed E-state index contributed by atoms with van der Waals surface area (Å²) in [5, 5.41) is 6.56. The lowest BCUT2D eigenvalue weighted by Gasteiger charge is -2.23. The molecule has 8 nitrogen and oxygen atoms in total. The fraction of sp³-hybridized carbons (Fsp3) is 0.500. The molecule has 22 heavy (non-hydrogen) atoms. The van der Waals surface area contributed by atoms with Crippen molar-refractivity contribution in [3.63, 3.8) is 0 Å². The maximum absolute atomic E-state index is 12.6. The number of carbonyl (C=O) groups is 1. The smallest absolute Gasteiger partial charge is 0.343 e. The molecule has 1 aliphatic heterocycles. The molecule has 2 aromatic heterocycles. The van der Waals surface area contributed by atoms with Gasteiger partial charge in [-0.1, -0.05) is 0 Å². The number of furan rings is 1. The second kappa shape index (κ2) is 5.80. The molecule has 2 aromatic rings. The summed E-state index contributed by atoms with van der Waals surface area (Å²) >= 11 is 0. The zero-order chi connectivity index (χ0) is 15.7. The van der Waals surface area contributed by atoms with E-state index >= 15 is 0 Å². The van der Waals surface area contributed by atoms with Gasteiger partial charge < -0.3 is 14.1 Å². The van der Waals surface area contributed by atoms with Crippen molar-refractivity contribution in [1.82, 2.24) is 19.7 Å². The highest BCUT2D eigenvalue weighted by atomic mass is 16.5. The summed E-state index contributed by atoms with van der Waals surface area (Å²) in [6.07, 6.45) is 3.39. The van der Waals surface area contributed by atoms with Gasteiger partial charge in [-0.3, -0.25) is 9.36 Å². The number of H-pyrrole nitrogens is 1. The van der Waals surface area contributed by atoms with Crippen molar-refractivity contribution in [3.8, 4) is 0 Å². The number of aromatic amines is 1. The van der Waals surface area contributed by atoms with Crippen LogP contribution in [0.15, 0.2) is 27.8 Å². The Kier molecular flexibility index (Phi) is 3.84. The zero-order valence-electron chi connectivity index (χ0n) is 12.5. The minimum Gasteiger partial charge on any atom is -0.472 e. The van der Waals surface area contributed by atoms with Gasteiger partial charge in [0.25, 0.3) is 5.91 Å². The predicted molar refractivity (Wildman–Crippen MR) is 76.4 cm³/mol. The van der Waals surface area contributed by atoms with Gasteiger partial charge in [-0.15, -0.1) is 0 Å². The SMILES string of the molecule is CCn1c([C@@H]2C[C@H](OC)CN2C(=O)c2ccoc2)n[nH]c1=O. The minimum atomic E-state index is -0.300. The maximum atomic E-state index is 12.6. The Morgan fingerprint density at radius 1 is 1.59 bits per heavy atom. The van der Waals surface area contributed by atoms with E-state index in [1.165, 1.54) is 12.5 Å². The average molecular weight is 306 g/mol. The predicted octanol–water partition coefficient (Wildman–Crippen LogP) is 0.786. The third-order valence-electron chi connectivity index (χ3n) is 4.03. The quantitative estimate of drug-likeness (QED) is 0.901. The van der Waals surface area contributed by atoms with Crippen LogP contribution in [0.4, 0.5) is 0 Å². The third-order valence-corrected chi connectivity index (χ3v) is 4.03. The van der Waals surface area contributed by atoms with Crippen molar-refractivity contribution >= 4 is 5.91 Å². The van der Waals surface area contributed by atoms with E-state index in [1.807, 2.05) is 6.92 Å². The number of hydrogen-bond donors (Lipinski definition) is 1. The monoisotopic (exact) mass is 306 g/mol. The zero-order valence-corrected chi connectivity index (χ0v) is 12.5. The van der Waals surface area contributed by atoms with Crippen LogP contribution in [0.3, 0.4) is 0 Å². The Hall–Kier alpha value is -2.35. The number of methoxy groups -OCH3 is 1. The number of aromatic nitrogens is 3. The first-order chi connectivity index (χ1) is 10.7. The molecule has 3 heterocycles. The number of ether oxygens (including phenoxy) is 1. The molecular formula is C14H18N4O4. The van der Waals surface area contributed by atoms with Gasteiger partial charge in [0.1, 0.15) is 6.26 Å². The Labute approximate surface area is 126 Å². The van der Waals surface area contributed by atoms with E-state index in [0.29, 0.717) is 30.9 Å². The lowest BCUT2D eigenvalue weighted by Crippen LogP contribution is -2.33. The molecule has 0 bridgehead atoms. The summed E-state index contributed by atoms with van der Waals surface area (Å²) < 4.78 is 11.9. The number of hydrogen-bond acceptors (Lipinski definition) is 5. The topological polar surface area (TPSA) is 93.4 Å². The minimum absolute atomic E-state index is 0.0852. The molecular weight excluding hydrogens is 288 g/mol. The fourth-order valence-electron chi connectivity index (χ4n) is 2.88. The number of rotatable bonds is 4. The molecule has 1 fully saturated rings. The molecule has 1 aliphatic rings. The highest BCUT2D eigenvalue weighted by Crippen LogP contribution is 2.33. The summed E-state index contributed by atoms with van der Waals surface area (Å²) in [7, 11) is 1.62. The summed E-state index contributed by atoms with van der Waals surface area (Å²) in [5.74, 6) is 0.403. The molecule has 8 heteroatoms. The second-order valence-corrected chi connectivity index (χ2v) is 5.21. The van der Waals surface area contributed by atoms with Crippen molar-refractivity contribution in [3.05, 3.63) is 40.5 Å². The second-order valence-electron chi connectivity index (χ2n) is 5.21. The molecule has 2 atom stereocenters. The van der Waals surface area contributed by atoms with Crippen molar-refractivity contribution < 1.29 is 13.9 Å². The van der Waals surface area contributed by atoms with Gasteiger partial charge in [0.15, 0.2) is 5.82 Å². The molecule has 1 N–H and O–H groups in total. The summed E-state index contributed by atoms with van der Waals surface area (Å²) in [4.78, 5) is 26.1. The molecule has 0 aliphatic carbocycles. The van der Waals surface area contributed by atoms with Gasteiger partial charge in [-0.2, -0.15) is 5.10 Å². The molecule has 0 unspecified atom stereocenters. The van der Waals surface area contributed by atoms with E-state index in [-0.39, 0.29) is 23.7 Å². The van der Waals surface area contributed by atoms with E-state index in [1.54, 1.807) is 22.6 Å². The van der Waals surface area contributed by atoms with Crippen LogP contribution >= 0.6 is 0 Å². The van der Waals surface area contributed by atoms with Crippen LogP contribution in [0.25, 0.3) is 0 Å². The number of carbonyl (C=O) groups excluding carboxylic acids is 1. The van der Waals surface area contributed by atoms with Crippen LogP contribution in [0.5, 0.6) is 0 Å². The third kappa shape index (κ3) is 2.35. The highest BCUT2D eigenvalue weighted by molar-refractivity contribution is 5.94. The van der Waals surface area contributed by atoms with Gasteiger partial charge in [0, 0.05) is 26.6 Å². The van der Waals surface area contributed by atoms with Crippen LogP contribution in [0.2, 0.25) is 0 Å². The van der Waals surface area contributed by atoms with Gasteiger partial charge in [-0.05, 0) is 13.0 Å². The molecule has 0 spiro atoms. The Morgan fingerprint density at radius 3 is 3.05 bits per heavy atom. The summed E-state index contributed by atoms with van der Waals surface area (Å²) in [6.45, 7) is 2.81. The Bertz CT molecular complexity index is 703. The van der Waals surface area contributed by atoms with Crippen LogP contribution in [-0.2, 0) is 11.3 Å². The molecule has 1 saturated heterocycles. The number of likely N-dealkylation sites (tertiary alicyclic amines) is 1. The van der Waals surface area contributed by atoms with Gasteiger partial charge >= 0.3 is 5.69 Å². The Balaban J connectivity index is 1.96. The van der Waals surface area contributed by atoms with E-state index in [4.69, 9.17) is 9.15 Å². The molecule has 0 aromatic carbocycles. The van der Waals surface area contributed by atoms with Gasteiger partial charge in [-0.25, -0.2) is 9.89 Å². The van der Waals surface area contributed by atoms with Gasteiger partial charge in [0.05, 0.1) is 24.0 Å². The average Bonchev–Trinajstić information content (AvgIpc) is 3.25. The van der Waals surface area contributed by atoms with Gasteiger partial charge in [0.2, 0.25) is 0 Å². The highest BCUT2D eigenvalue weighted by Gasteiger charge is 2.39. The first kappa shape index (κ1) is 14.6. The first-order valence-electron chi connectivity index (χ1n) is 7.16. The molecule has 0 radical (unpaired) electrons. The summed E-state index contributed by atoms with van der Waals surface area (Å²) in [5.41, 5.74) is 0.205. The van der Waals surface area contributed by atoms with Crippen molar-refractivity contribution in [2.24, 2.45) is 0 Å². The van der Waals surface area contributed by atoms with E-state index in [2.05, 4.69) is 10.2 Å².